The zero-order valence-corrected chi connectivity index (χ0v) is 17.2. The average molecular weight is 462 g/mol. The van der Waals surface area contributed by atoms with E-state index in [0.717, 1.165) is 19.4 Å². The molecule has 0 amide bonds. The summed E-state index contributed by atoms with van der Waals surface area (Å²) < 4.78 is 13.8. The molecule has 1 aliphatic rings. The Bertz CT molecular complexity index is 603. The smallest absolute Gasteiger partial charge is 0.191 e. The van der Waals surface area contributed by atoms with Gasteiger partial charge in [-0.15, -0.1) is 24.0 Å². The highest BCUT2D eigenvalue weighted by molar-refractivity contribution is 14.0. The summed E-state index contributed by atoms with van der Waals surface area (Å²) in [5, 5.41) is 16.3. The number of guanidine groups is 1. The molecule has 4 nitrogen and oxygen atoms in total. The molecule has 132 valence electrons. The molecule has 0 heterocycles. The molecule has 24 heavy (non-hydrogen) atoms. The quantitative estimate of drug-likeness (QED) is 0.399. The molecular formula is C17H24FIN4S. The number of nitriles is 1. The minimum Gasteiger partial charge on any atom is -0.357 e. The third-order valence-electron chi connectivity index (χ3n) is 3.99. The van der Waals surface area contributed by atoms with Crippen LogP contribution in [0.25, 0.3) is 0 Å². The van der Waals surface area contributed by atoms with Gasteiger partial charge < -0.3 is 10.6 Å². The zero-order valence-electron chi connectivity index (χ0n) is 14.0. The first-order valence-corrected chi connectivity index (χ1v) is 9.21. The Kier molecular flexibility index (Phi) is 9.44. The first-order valence-electron chi connectivity index (χ1n) is 7.92. The van der Waals surface area contributed by atoms with E-state index in [1.54, 1.807) is 6.07 Å². The van der Waals surface area contributed by atoms with Crippen LogP contribution in [0, 0.1) is 17.1 Å². The van der Waals surface area contributed by atoms with E-state index in [-0.39, 0.29) is 36.3 Å². The monoisotopic (exact) mass is 462 g/mol. The van der Waals surface area contributed by atoms with Gasteiger partial charge in [-0.25, -0.2) is 9.38 Å². The summed E-state index contributed by atoms with van der Waals surface area (Å²) in [5.41, 5.74) is 0.892. The number of hydrogen-bond donors (Lipinski definition) is 2. The van der Waals surface area contributed by atoms with Gasteiger partial charge in [0.15, 0.2) is 5.96 Å². The van der Waals surface area contributed by atoms with Crippen LogP contribution in [0.5, 0.6) is 0 Å². The van der Waals surface area contributed by atoms with Crippen LogP contribution < -0.4 is 10.6 Å². The van der Waals surface area contributed by atoms with Crippen molar-refractivity contribution in [3.8, 4) is 6.07 Å². The fourth-order valence-electron chi connectivity index (χ4n) is 2.73. The van der Waals surface area contributed by atoms with Gasteiger partial charge in [-0.1, -0.05) is 0 Å². The Balaban J connectivity index is 0.00000288. The second-order valence-corrected chi connectivity index (χ2v) is 6.76. The number of halogens is 2. The standard InChI is InChI=1S/C17H23FN4S.HI/c1-3-20-17(22-14-5-6-15(9-14)23-2)21-11-13-8-12(10-19)4-7-16(13)18;/h4,7-8,14-15H,3,5-6,9,11H2,1-2H3,(H2,20,21,22);1H. The maximum atomic E-state index is 13.8. The lowest BCUT2D eigenvalue weighted by atomic mass is 10.1. The van der Waals surface area contributed by atoms with Crippen molar-refractivity contribution >= 4 is 41.7 Å². The van der Waals surface area contributed by atoms with Crippen molar-refractivity contribution < 1.29 is 4.39 Å². The van der Waals surface area contributed by atoms with Crippen molar-refractivity contribution in [2.75, 3.05) is 12.8 Å². The summed E-state index contributed by atoms with van der Waals surface area (Å²) in [6.45, 7) is 2.98. The molecule has 2 N–H and O–H groups in total. The van der Waals surface area contributed by atoms with Crippen LogP contribution in [0.3, 0.4) is 0 Å². The van der Waals surface area contributed by atoms with Crippen LogP contribution in [0.15, 0.2) is 23.2 Å². The first kappa shape index (κ1) is 21.0. The predicted molar refractivity (Wildman–Crippen MR) is 109 cm³/mol. The first-order chi connectivity index (χ1) is 11.2. The molecule has 0 radical (unpaired) electrons. The van der Waals surface area contributed by atoms with E-state index >= 15 is 0 Å². The average Bonchev–Trinajstić information content (AvgIpc) is 3.01. The van der Waals surface area contributed by atoms with Gasteiger partial charge in [0.25, 0.3) is 0 Å². The van der Waals surface area contributed by atoms with Gasteiger partial charge in [0.2, 0.25) is 0 Å². The summed E-state index contributed by atoms with van der Waals surface area (Å²) in [5.74, 6) is 0.382. The Morgan fingerprint density at radius 3 is 2.88 bits per heavy atom. The number of nitrogens with one attached hydrogen (secondary N) is 2. The normalized spacial score (nSPS) is 20.2. The van der Waals surface area contributed by atoms with E-state index in [0.29, 0.717) is 28.4 Å². The molecule has 1 fully saturated rings. The van der Waals surface area contributed by atoms with E-state index in [4.69, 9.17) is 5.26 Å². The summed E-state index contributed by atoms with van der Waals surface area (Å²) >= 11 is 1.91. The molecule has 1 aromatic carbocycles. The van der Waals surface area contributed by atoms with Gasteiger partial charge in [0, 0.05) is 23.4 Å². The number of rotatable bonds is 5. The highest BCUT2D eigenvalue weighted by Gasteiger charge is 2.24. The van der Waals surface area contributed by atoms with Crippen molar-refractivity contribution in [2.45, 2.75) is 44.0 Å². The molecular weight excluding hydrogens is 438 g/mol. The van der Waals surface area contributed by atoms with Crippen molar-refractivity contribution in [3.63, 3.8) is 0 Å². The number of thioether (sulfide) groups is 1. The summed E-state index contributed by atoms with van der Waals surface area (Å²) in [6.07, 6.45) is 5.63. The van der Waals surface area contributed by atoms with Gasteiger partial charge in [-0.3, -0.25) is 0 Å². The Labute approximate surface area is 164 Å². The van der Waals surface area contributed by atoms with E-state index < -0.39 is 0 Å². The second kappa shape index (κ2) is 10.8. The van der Waals surface area contributed by atoms with Crippen molar-refractivity contribution in [1.82, 2.24) is 10.6 Å². The van der Waals surface area contributed by atoms with Gasteiger partial charge in [0.1, 0.15) is 5.82 Å². The van der Waals surface area contributed by atoms with E-state index in [1.807, 2.05) is 24.8 Å². The molecule has 1 aromatic rings. The SMILES string of the molecule is CCNC(=NCc1cc(C#N)ccc1F)NC1CCC(SC)C1.I. The molecule has 0 bridgehead atoms. The maximum absolute atomic E-state index is 13.8. The molecule has 0 spiro atoms. The fourth-order valence-corrected chi connectivity index (χ4v) is 3.52. The van der Waals surface area contributed by atoms with Crippen molar-refractivity contribution in [2.24, 2.45) is 4.99 Å². The fraction of sp³-hybridized carbons (Fsp3) is 0.529. The molecule has 0 aromatic heterocycles. The van der Waals surface area contributed by atoms with Gasteiger partial charge in [-0.2, -0.15) is 17.0 Å². The molecule has 1 saturated carbocycles. The highest BCUT2D eigenvalue weighted by atomic mass is 127. The lowest BCUT2D eigenvalue weighted by Gasteiger charge is -2.17. The topological polar surface area (TPSA) is 60.2 Å². The lowest BCUT2D eigenvalue weighted by molar-refractivity contribution is 0.604. The van der Waals surface area contributed by atoms with E-state index in [1.165, 1.54) is 18.6 Å². The number of benzene rings is 1. The molecule has 2 unspecified atom stereocenters. The second-order valence-electron chi connectivity index (χ2n) is 5.63. The third-order valence-corrected chi connectivity index (χ3v) is 5.08. The Morgan fingerprint density at radius 1 is 1.46 bits per heavy atom. The third kappa shape index (κ3) is 6.13. The molecule has 7 heteroatoms. The van der Waals surface area contributed by atoms with Crippen LogP contribution in [-0.2, 0) is 6.54 Å². The summed E-state index contributed by atoms with van der Waals surface area (Å²) in [4.78, 5) is 4.47. The van der Waals surface area contributed by atoms with Crippen LogP contribution in [0.2, 0.25) is 0 Å². The maximum Gasteiger partial charge on any atom is 0.191 e. The minimum atomic E-state index is -0.327. The van der Waals surface area contributed by atoms with Crippen LogP contribution in [0.4, 0.5) is 4.39 Å². The number of aliphatic imine (C=N–C) groups is 1. The molecule has 0 saturated heterocycles. The van der Waals surface area contributed by atoms with Crippen molar-refractivity contribution in [3.05, 3.63) is 35.1 Å². The van der Waals surface area contributed by atoms with Crippen LogP contribution in [-0.4, -0.2) is 30.1 Å². The summed E-state index contributed by atoms with van der Waals surface area (Å²) in [7, 11) is 0. The highest BCUT2D eigenvalue weighted by Crippen LogP contribution is 2.28. The van der Waals surface area contributed by atoms with Crippen LogP contribution >= 0.6 is 35.7 Å². The molecule has 1 aliphatic carbocycles. The lowest BCUT2D eigenvalue weighted by Crippen LogP contribution is -2.42. The molecule has 2 atom stereocenters. The Hall–Kier alpha value is -1.01. The van der Waals surface area contributed by atoms with Gasteiger partial charge >= 0.3 is 0 Å². The van der Waals surface area contributed by atoms with E-state index in [9.17, 15) is 4.39 Å². The van der Waals surface area contributed by atoms with Gasteiger partial charge in [0.05, 0.1) is 18.2 Å². The number of nitrogens with zero attached hydrogens (tertiary/aromatic N) is 2. The van der Waals surface area contributed by atoms with Crippen molar-refractivity contribution in [1.29, 1.82) is 5.26 Å². The van der Waals surface area contributed by atoms with E-state index in [2.05, 4.69) is 21.9 Å². The largest absolute Gasteiger partial charge is 0.357 e. The van der Waals surface area contributed by atoms with Gasteiger partial charge in [-0.05, 0) is 50.6 Å². The number of hydrogen-bond acceptors (Lipinski definition) is 3. The Morgan fingerprint density at radius 2 is 2.25 bits per heavy atom. The minimum absolute atomic E-state index is 0. The molecule has 2 rings (SSSR count). The predicted octanol–water partition coefficient (Wildman–Crippen LogP) is 3.65. The summed E-state index contributed by atoms with van der Waals surface area (Å²) in [6, 6.07) is 6.81. The molecule has 0 aliphatic heterocycles. The zero-order chi connectivity index (χ0) is 16.7. The van der Waals surface area contributed by atoms with Crippen LogP contribution in [0.1, 0.15) is 37.3 Å².